The summed E-state index contributed by atoms with van der Waals surface area (Å²) in [5.41, 5.74) is 2.68. The molecular weight excluding hydrogens is 564 g/mol. The molecule has 4 aromatic carbocycles. The Morgan fingerprint density at radius 3 is 1.74 bits per heavy atom. The molecule has 43 heavy (non-hydrogen) atoms. The van der Waals surface area contributed by atoms with E-state index in [-0.39, 0.29) is 19.7 Å². The topological polar surface area (TPSA) is 64.6 Å². The highest BCUT2D eigenvalue weighted by Crippen LogP contribution is 2.41. The zero-order valence-corrected chi connectivity index (χ0v) is 24.6. The lowest BCUT2D eigenvalue weighted by Gasteiger charge is -2.48. The largest absolute Gasteiger partial charge is 0.356 e. The Bertz CT molecular complexity index is 1350. The average molecular weight is 601 g/mol. The van der Waals surface area contributed by atoms with Gasteiger partial charge in [-0.3, -0.25) is 0 Å². The molecule has 8 heteroatoms. The molecule has 0 radical (unpaired) electrons. The fraction of sp³-hybridized carbons (Fsp3) is 0.314. The lowest BCUT2D eigenvalue weighted by molar-refractivity contribution is -0.338. The molecule has 4 aromatic rings. The SMILES string of the molecule is c1ccc(COCO[C@@H]2[C@@H](OCOCc3ccccc3)[C@H](Sc3ccccc3)O[C@@H]3COC(c4ccccc4)O[C@@H]23)cc1. The molecule has 2 fully saturated rings. The Morgan fingerprint density at radius 2 is 1.14 bits per heavy atom. The van der Waals surface area contributed by atoms with E-state index in [1.807, 2.05) is 109 Å². The van der Waals surface area contributed by atoms with Crippen LogP contribution in [-0.2, 0) is 46.4 Å². The second-order valence-corrected chi connectivity index (χ2v) is 11.5. The van der Waals surface area contributed by atoms with Gasteiger partial charge in [-0.25, -0.2) is 0 Å². The Balaban J connectivity index is 1.20. The first-order valence-corrected chi connectivity index (χ1v) is 15.4. The second-order valence-electron chi connectivity index (χ2n) is 10.3. The predicted molar refractivity (Wildman–Crippen MR) is 163 cm³/mol. The Labute approximate surface area is 257 Å². The summed E-state index contributed by atoms with van der Waals surface area (Å²) in [6.45, 7) is 1.36. The summed E-state index contributed by atoms with van der Waals surface area (Å²) < 4.78 is 44.1. The van der Waals surface area contributed by atoms with Gasteiger partial charge in [0, 0.05) is 10.5 Å². The van der Waals surface area contributed by atoms with Crippen molar-refractivity contribution in [2.75, 3.05) is 20.2 Å². The van der Waals surface area contributed by atoms with E-state index in [1.54, 1.807) is 11.8 Å². The minimum absolute atomic E-state index is 0.0650. The second kappa shape index (κ2) is 15.6. The molecule has 0 saturated carbocycles. The first kappa shape index (κ1) is 30.0. The lowest BCUT2D eigenvalue weighted by atomic mass is 9.98. The fourth-order valence-electron chi connectivity index (χ4n) is 5.14. The number of hydrogen-bond donors (Lipinski definition) is 0. The smallest absolute Gasteiger partial charge is 0.184 e. The summed E-state index contributed by atoms with van der Waals surface area (Å²) in [7, 11) is 0. The van der Waals surface area contributed by atoms with Gasteiger partial charge in [-0.05, 0) is 23.3 Å². The highest BCUT2D eigenvalue weighted by Gasteiger charge is 2.51. The summed E-state index contributed by atoms with van der Waals surface area (Å²) >= 11 is 1.59. The van der Waals surface area contributed by atoms with Gasteiger partial charge in [-0.1, -0.05) is 121 Å². The highest BCUT2D eigenvalue weighted by atomic mass is 32.2. The van der Waals surface area contributed by atoms with Gasteiger partial charge in [0.2, 0.25) is 0 Å². The van der Waals surface area contributed by atoms with Crippen molar-refractivity contribution < 1.29 is 33.2 Å². The molecular formula is C35H36O7S. The molecule has 2 aliphatic rings. The van der Waals surface area contributed by atoms with Crippen LogP contribution >= 0.6 is 11.8 Å². The molecule has 2 heterocycles. The molecule has 7 nitrogen and oxygen atoms in total. The highest BCUT2D eigenvalue weighted by molar-refractivity contribution is 7.99. The van der Waals surface area contributed by atoms with Crippen molar-refractivity contribution in [3.63, 3.8) is 0 Å². The normalized spacial score (nSPS) is 25.2. The molecule has 224 valence electrons. The van der Waals surface area contributed by atoms with Crippen molar-refractivity contribution in [1.82, 2.24) is 0 Å². The molecule has 0 aromatic heterocycles. The minimum atomic E-state index is -0.546. The first-order chi connectivity index (χ1) is 21.3. The molecule has 0 N–H and O–H groups in total. The van der Waals surface area contributed by atoms with E-state index in [4.69, 9.17) is 33.2 Å². The quantitative estimate of drug-likeness (QED) is 0.124. The van der Waals surface area contributed by atoms with Gasteiger partial charge in [0.15, 0.2) is 6.29 Å². The number of ether oxygens (including phenoxy) is 7. The van der Waals surface area contributed by atoms with Crippen LogP contribution in [0.2, 0.25) is 0 Å². The molecule has 0 bridgehead atoms. The van der Waals surface area contributed by atoms with E-state index in [1.165, 1.54) is 0 Å². The lowest BCUT2D eigenvalue weighted by Crippen LogP contribution is -2.62. The van der Waals surface area contributed by atoms with E-state index in [0.29, 0.717) is 19.8 Å². The van der Waals surface area contributed by atoms with Crippen LogP contribution in [0.15, 0.2) is 126 Å². The van der Waals surface area contributed by atoms with Crippen molar-refractivity contribution in [3.8, 4) is 0 Å². The zero-order chi connectivity index (χ0) is 29.1. The average Bonchev–Trinajstić information content (AvgIpc) is 3.07. The van der Waals surface area contributed by atoms with Crippen LogP contribution in [0.25, 0.3) is 0 Å². The van der Waals surface area contributed by atoms with Gasteiger partial charge in [0.1, 0.15) is 43.4 Å². The number of hydrogen-bond acceptors (Lipinski definition) is 8. The molecule has 2 aliphatic heterocycles. The maximum absolute atomic E-state index is 6.62. The van der Waals surface area contributed by atoms with E-state index >= 15 is 0 Å². The van der Waals surface area contributed by atoms with Crippen LogP contribution in [0.4, 0.5) is 0 Å². The molecule has 6 rings (SSSR count). The van der Waals surface area contributed by atoms with Crippen molar-refractivity contribution in [3.05, 3.63) is 138 Å². The molecule has 0 spiro atoms. The standard InChI is InChI=1S/C35H36O7S/c1-5-13-26(14-6-1)21-36-24-39-32-31-30(23-38-34(42-31)28-17-9-3-10-18-28)41-35(43-29-19-11-4-12-20-29)33(32)40-25-37-22-27-15-7-2-8-16-27/h1-20,30-35H,21-25H2/t30-,31-,32+,33-,34?,35+/m1/s1. The van der Waals surface area contributed by atoms with Crippen LogP contribution in [0.3, 0.4) is 0 Å². The Morgan fingerprint density at radius 1 is 0.605 bits per heavy atom. The van der Waals surface area contributed by atoms with Gasteiger partial charge in [-0.15, -0.1) is 0 Å². The van der Waals surface area contributed by atoms with Crippen LogP contribution in [0, 0.1) is 0 Å². The van der Waals surface area contributed by atoms with Crippen molar-refractivity contribution in [2.24, 2.45) is 0 Å². The summed E-state index contributed by atoms with van der Waals surface area (Å²) in [5.74, 6) is 0. The van der Waals surface area contributed by atoms with Crippen LogP contribution in [-0.4, -0.2) is 50.0 Å². The Kier molecular flexibility index (Phi) is 10.9. The van der Waals surface area contributed by atoms with E-state index < -0.39 is 30.0 Å². The van der Waals surface area contributed by atoms with Gasteiger partial charge in [-0.2, -0.15) is 0 Å². The molecule has 1 unspecified atom stereocenters. The van der Waals surface area contributed by atoms with E-state index in [0.717, 1.165) is 21.6 Å². The van der Waals surface area contributed by atoms with Crippen molar-refractivity contribution in [2.45, 2.75) is 54.3 Å². The number of fused-ring (bicyclic) bond motifs is 1. The summed E-state index contributed by atoms with van der Waals surface area (Å²) in [4.78, 5) is 1.06. The molecule has 6 atom stereocenters. The van der Waals surface area contributed by atoms with Crippen LogP contribution in [0.5, 0.6) is 0 Å². The summed E-state index contributed by atoms with van der Waals surface area (Å²) in [5, 5.41) is 0. The fourth-order valence-corrected chi connectivity index (χ4v) is 6.29. The summed E-state index contributed by atoms with van der Waals surface area (Å²) in [6, 6.07) is 40.1. The van der Waals surface area contributed by atoms with Crippen LogP contribution in [0.1, 0.15) is 23.0 Å². The molecule has 0 amide bonds. The zero-order valence-electron chi connectivity index (χ0n) is 23.8. The maximum Gasteiger partial charge on any atom is 0.184 e. The van der Waals surface area contributed by atoms with Crippen LogP contribution < -0.4 is 0 Å². The third-order valence-electron chi connectivity index (χ3n) is 7.26. The number of benzene rings is 4. The predicted octanol–water partition coefficient (Wildman–Crippen LogP) is 6.74. The minimum Gasteiger partial charge on any atom is -0.356 e. The Hall–Kier alpha value is -3.05. The number of thioether (sulfide) groups is 1. The van der Waals surface area contributed by atoms with Gasteiger partial charge < -0.3 is 33.2 Å². The van der Waals surface area contributed by atoms with Gasteiger partial charge >= 0.3 is 0 Å². The van der Waals surface area contributed by atoms with Crippen molar-refractivity contribution in [1.29, 1.82) is 0 Å². The molecule has 2 saturated heterocycles. The number of rotatable bonds is 13. The molecule has 0 aliphatic carbocycles. The third kappa shape index (κ3) is 8.32. The van der Waals surface area contributed by atoms with Crippen molar-refractivity contribution >= 4 is 11.8 Å². The van der Waals surface area contributed by atoms with E-state index in [9.17, 15) is 0 Å². The third-order valence-corrected chi connectivity index (χ3v) is 8.42. The monoisotopic (exact) mass is 600 g/mol. The van der Waals surface area contributed by atoms with Gasteiger partial charge in [0.05, 0.1) is 19.8 Å². The maximum atomic E-state index is 6.62. The van der Waals surface area contributed by atoms with Gasteiger partial charge in [0.25, 0.3) is 0 Å². The first-order valence-electron chi connectivity index (χ1n) is 14.5. The van der Waals surface area contributed by atoms with E-state index in [2.05, 4.69) is 12.1 Å². The summed E-state index contributed by atoms with van der Waals surface area (Å²) in [6.07, 6.45) is -2.38.